The predicted octanol–water partition coefficient (Wildman–Crippen LogP) is 3.25. The second kappa shape index (κ2) is 5.65. The minimum Gasteiger partial charge on any atom is -0.340 e. The van der Waals surface area contributed by atoms with Crippen LogP contribution in [-0.2, 0) is 0 Å². The van der Waals surface area contributed by atoms with Crippen molar-refractivity contribution in [2.45, 2.75) is 26.8 Å². The number of pyridine rings is 1. The molecule has 4 heterocycles. The summed E-state index contributed by atoms with van der Waals surface area (Å²) in [4.78, 5) is 20.3. The van der Waals surface area contributed by atoms with Gasteiger partial charge in [-0.05, 0) is 37.7 Å². The number of piperidine rings is 1. The van der Waals surface area contributed by atoms with Gasteiger partial charge >= 0.3 is 0 Å². The summed E-state index contributed by atoms with van der Waals surface area (Å²) in [5, 5.41) is 3.32. The third-order valence-corrected chi connectivity index (χ3v) is 5.82. The SMILES string of the molecule is CC1[C@H]2CN(c3nccc(Nc4cc5c(cn4)ncn5C(C)C)n3)C[C@@H]12. The van der Waals surface area contributed by atoms with E-state index in [1.165, 1.54) is 0 Å². The monoisotopic (exact) mass is 349 g/mol. The lowest BCUT2D eigenvalue weighted by atomic mass is 10.3. The zero-order chi connectivity index (χ0) is 17.8. The molecule has 3 aromatic rings. The van der Waals surface area contributed by atoms with Crippen molar-refractivity contribution in [1.82, 2.24) is 24.5 Å². The van der Waals surface area contributed by atoms with Crippen LogP contribution < -0.4 is 10.2 Å². The average Bonchev–Trinajstić information content (AvgIpc) is 3.03. The van der Waals surface area contributed by atoms with Crippen molar-refractivity contribution in [2.75, 3.05) is 23.3 Å². The molecule has 2 fully saturated rings. The fourth-order valence-electron chi connectivity index (χ4n) is 4.10. The van der Waals surface area contributed by atoms with E-state index in [2.05, 4.69) is 50.5 Å². The molecule has 1 unspecified atom stereocenters. The minimum absolute atomic E-state index is 0.352. The van der Waals surface area contributed by atoms with Gasteiger partial charge in [0.05, 0.1) is 18.0 Å². The Balaban J connectivity index is 1.38. The maximum absolute atomic E-state index is 4.70. The first-order valence-electron chi connectivity index (χ1n) is 9.28. The number of nitrogens with zero attached hydrogens (tertiary/aromatic N) is 6. The van der Waals surface area contributed by atoms with Gasteiger partial charge in [-0.1, -0.05) is 6.92 Å². The summed E-state index contributed by atoms with van der Waals surface area (Å²) in [6.45, 7) is 8.79. The molecule has 0 radical (unpaired) electrons. The summed E-state index contributed by atoms with van der Waals surface area (Å²) >= 11 is 0. The fourth-order valence-corrected chi connectivity index (χ4v) is 4.10. The van der Waals surface area contributed by atoms with Crippen LogP contribution in [0.3, 0.4) is 0 Å². The molecule has 1 aliphatic carbocycles. The van der Waals surface area contributed by atoms with Crippen molar-refractivity contribution >= 4 is 28.6 Å². The van der Waals surface area contributed by atoms with Crippen LogP contribution in [0.5, 0.6) is 0 Å². The van der Waals surface area contributed by atoms with Gasteiger partial charge in [0, 0.05) is 31.4 Å². The zero-order valence-corrected chi connectivity index (χ0v) is 15.3. The number of fused-ring (bicyclic) bond motifs is 2. The minimum atomic E-state index is 0.352. The molecule has 2 aliphatic rings. The van der Waals surface area contributed by atoms with Crippen LogP contribution in [0.25, 0.3) is 11.0 Å². The van der Waals surface area contributed by atoms with Crippen molar-refractivity contribution < 1.29 is 0 Å². The number of hydrogen-bond donors (Lipinski definition) is 1. The van der Waals surface area contributed by atoms with Gasteiger partial charge in [0.2, 0.25) is 5.95 Å². The molecule has 1 saturated carbocycles. The van der Waals surface area contributed by atoms with E-state index in [1.807, 2.05) is 24.7 Å². The number of nitrogens with one attached hydrogen (secondary N) is 1. The van der Waals surface area contributed by atoms with Crippen molar-refractivity contribution in [3.05, 3.63) is 30.9 Å². The highest BCUT2D eigenvalue weighted by atomic mass is 15.3. The highest BCUT2D eigenvalue weighted by molar-refractivity contribution is 5.78. The highest BCUT2D eigenvalue weighted by Gasteiger charge is 2.53. The Morgan fingerprint density at radius 1 is 1.12 bits per heavy atom. The van der Waals surface area contributed by atoms with E-state index in [-0.39, 0.29) is 0 Å². The summed E-state index contributed by atoms with van der Waals surface area (Å²) in [6, 6.07) is 4.26. The van der Waals surface area contributed by atoms with Crippen LogP contribution in [0.1, 0.15) is 26.8 Å². The van der Waals surface area contributed by atoms with Gasteiger partial charge < -0.3 is 14.8 Å². The summed E-state index contributed by atoms with van der Waals surface area (Å²) < 4.78 is 2.14. The zero-order valence-electron chi connectivity index (χ0n) is 15.3. The summed E-state index contributed by atoms with van der Waals surface area (Å²) in [7, 11) is 0. The lowest BCUT2D eigenvalue weighted by Crippen LogP contribution is -2.25. The van der Waals surface area contributed by atoms with Crippen molar-refractivity contribution in [3.63, 3.8) is 0 Å². The topological polar surface area (TPSA) is 71.8 Å². The van der Waals surface area contributed by atoms with E-state index in [0.717, 1.165) is 59.5 Å². The number of aromatic nitrogens is 5. The molecule has 0 bridgehead atoms. The molecule has 26 heavy (non-hydrogen) atoms. The third-order valence-electron chi connectivity index (χ3n) is 5.82. The largest absolute Gasteiger partial charge is 0.340 e. The van der Waals surface area contributed by atoms with Gasteiger partial charge in [-0.2, -0.15) is 4.98 Å². The van der Waals surface area contributed by atoms with Crippen LogP contribution in [0.15, 0.2) is 30.9 Å². The van der Waals surface area contributed by atoms with Crippen LogP contribution in [0.2, 0.25) is 0 Å². The first-order chi connectivity index (χ1) is 12.6. The Hall–Kier alpha value is -2.70. The number of hydrogen-bond acceptors (Lipinski definition) is 6. The first-order valence-corrected chi connectivity index (χ1v) is 9.28. The molecule has 7 nitrogen and oxygen atoms in total. The molecule has 0 aromatic carbocycles. The van der Waals surface area contributed by atoms with E-state index in [9.17, 15) is 0 Å². The average molecular weight is 349 g/mol. The lowest BCUT2D eigenvalue weighted by Gasteiger charge is -2.19. The molecule has 0 spiro atoms. The normalized spacial score (nSPS) is 24.3. The number of rotatable bonds is 4. The van der Waals surface area contributed by atoms with Crippen LogP contribution in [0.4, 0.5) is 17.6 Å². The predicted molar refractivity (Wildman–Crippen MR) is 102 cm³/mol. The van der Waals surface area contributed by atoms with Gasteiger partial charge in [0.25, 0.3) is 0 Å². The summed E-state index contributed by atoms with van der Waals surface area (Å²) in [6.07, 6.45) is 5.48. The molecular weight excluding hydrogens is 326 g/mol. The summed E-state index contributed by atoms with van der Waals surface area (Å²) in [5.74, 6) is 4.87. The second-order valence-electron chi connectivity index (χ2n) is 7.76. The van der Waals surface area contributed by atoms with Crippen molar-refractivity contribution in [1.29, 1.82) is 0 Å². The van der Waals surface area contributed by atoms with Crippen LogP contribution in [-0.4, -0.2) is 37.6 Å². The molecule has 1 saturated heterocycles. The van der Waals surface area contributed by atoms with Gasteiger partial charge in [0.1, 0.15) is 17.2 Å². The van der Waals surface area contributed by atoms with Crippen molar-refractivity contribution in [3.8, 4) is 0 Å². The first kappa shape index (κ1) is 15.5. The number of anilines is 3. The van der Waals surface area contributed by atoms with Crippen LogP contribution >= 0.6 is 0 Å². The molecule has 1 N–H and O–H groups in total. The van der Waals surface area contributed by atoms with Crippen LogP contribution in [0, 0.1) is 17.8 Å². The van der Waals surface area contributed by atoms with Gasteiger partial charge in [-0.15, -0.1) is 0 Å². The van der Waals surface area contributed by atoms with E-state index in [1.54, 1.807) is 6.20 Å². The van der Waals surface area contributed by atoms with Gasteiger partial charge in [-0.3, -0.25) is 0 Å². The highest BCUT2D eigenvalue weighted by Crippen LogP contribution is 2.51. The maximum Gasteiger partial charge on any atom is 0.227 e. The Kier molecular flexibility index (Phi) is 3.38. The van der Waals surface area contributed by atoms with Gasteiger partial charge in [0.15, 0.2) is 0 Å². The molecule has 0 amide bonds. The maximum atomic E-state index is 4.70. The molecule has 134 valence electrons. The smallest absolute Gasteiger partial charge is 0.227 e. The van der Waals surface area contributed by atoms with Gasteiger partial charge in [-0.25, -0.2) is 15.0 Å². The molecule has 5 rings (SSSR count). The Bertz CT molecular complexity index is 951. The Labute approximate surface area is 152 Å². The molecule has 3 atom stereocenters. The fraction of sp³-hybridized carbons (Fsp3) is 0.474. The standard InChI is InChI=1S/C19H23N7/c1-11(2)26-10-22-15-7-21-18(6-16(15)26)23-17-4-5-20-19(24-17)25-8-13-12(3)14(13)9-25/h4-7,10-14H,8-9H2,1-3H3,(H,20,21,23,24)/t12?,13-,14+. The Morgan fingerprint density at radius 3 is 2.69 bits per heavy atom. The Morgan fingerprint density at radius 2 is 1.92 bits per heavy atom. The van der Waals surface area contributed by atoms with E-state index >= 15 is 0 Å². The summed E-state index contributed by atoms with van der Waals surface area (Å²) in [5.41, 5.74) is 1.97. The number of imidazole rings is 1. The van der Waals surface area contributed by atoms with E-state index in [4.69, 9.17) is 4.98 Å². The van der Waals surface area contributed by atoms with E-state index in [0.29, 0.717) is 6.04 Å². The van der Waals surface area contributed by atoms with Crippen molar-refractivity contribution in [2.24, 2.45) is 17.8 Å². The molecular formula is C19H23N7. The quantitative estimate of drug-likeness (QED) is 0.779. The molecule has 7 heteroatoms. The third kappa shape index (κ3) is 2.50. The van der Waals surface area contributed by atoms with E-state index < -0.39 is 0 Å². The molecule has 3 aromatic heterocycles. The molecule has 1 aliphatic heterocycles. The lowest BCUT2D eigenvalue weighted by molar-refractivity contribution is 0.617. The second-order valence-corrected chi connectivity index (χ2v) is 7.76.